The third-order valence-electron chi connectivity index (χ3n) is 5.86. The van der Waals surface area contributed by atoms with Crippen molar-refractivity contribution in [3.8, 4) is 0 Å². The van der Waals surface area contributed by atoms with Crippen molar-refractivity contribution in [3.63, 3.8) is 0 Å². The number of nitrogens with one attached hydrogen (secondary N) is 2. The van der Waals surface area contributed by atoms with Gasteiger partial charge in [-0.15, -0.1) is 0 Å². The van der Waals surface area contributed by atoms with Gasteiger partial charge in [0.15, 0.2) is 0 Å². The lowest BCUT2D eigenvalue weighted by atomic mass is 10.1. The van der Waals surface area contributed by atoms with Crippen LogP contribution in [0.3, 0.4) is 0 Å². The average molecular weight is 422 g/mol. The third-order valence-corrected chi connectivity index (χ3v) is 5.86. The summed E-state index contributed by atoms with van der Waals surface area (Å²) in [5, 5.41) is 3.87. The third kappa shape index (κ3) is 3.58. The van der Waals surface area contributed by atoms with Gasteiger partial charge in [-0.3, -0.25) is 9.59 Å². The molecule has 3 aromatic carbocycles. The second-order valence-electron chi connectivity index (χ2n) is 8.02. The van der Waals surface area contributed by atoms with Crippen molar-refractivity contribution in [3.05, 3.63) is 107 Å². The number of carbonyl (C=O) groups is 2. The van der Waals surface area contributed by atoms with Gasteiger partial charge in [-0.25, -0.2) is 0 Å². The normalized spacial score (nSPS) is 15.6. The van der Waals surface area contributed by atoms with E-state index in [0.717, 1.165) is 34.1 Å². The van der Waals surface area contributed by atoms with E-state index >= 15 is 0 Å². The summed E-state index contributed by atoms with van der Waals surface area (Å²) >= 11 is 0. The second kappa shape index (κ2) is 8.19. The molecule has 1 aliphatic heterocycles. The number of amides is 2. The molecule has 158 valence electrons. The van der Waals surface area contributed by atoms with Crippen LogP contribution in [0.4, 0.5) is 5.69 Å². The number of anilines is 1. The van der Waals surface area contributed by atoms with Crippen molar-refractivity contribution in [2.24, 2.45) is 0 Å². The second-order valence-corrected chi connectivity index (χ2v) is 8.02. The van der Waals surface area contributed by atoms with Crippen LogP contribution in [-0.4, -0.2) is 22.8 Å². The molecule has 1 unspecified atom stereocenters. The number of H-pyrrole nitrogens is 1. The fraction of sp³-hybridized carbons (Fsp3) is 0.111. The largest absolute Gasteiger partial charge is 0.361 e. The number of hydrogen-bond donors (Lipinski definition) is 2. The van der Waals surface area contributed by atoms with Crippen molar-refractivity contribution >= 4 is 34.5 Å². The standard InChI is InChI=1S/C27H23N3O2/c1-18-15-20-11-5-8-14-25(20)30(18)27(32)24(29-26(31)19-9-3-2-4-10-19)16-21-17-28-23-13-7-6-12-22(21)23/h2-14,16-18,28H,15H2,1H3,(H,29,31). The highest BCUT2D eigenvalue weighted by Crippen LogP contribution is 2.33. The van der Waals surface area contributed by atoms with E-state index < -0.39 is 0 Å². The molecule has 0 bridgehead atoms. The molecular weight excluding hydrogens is 398 g/mol. The van der Waals surface area contributed by atoms with Crippen LogP contribution in [0.2, 0.25) is 0 Å². The molecule has 0 aliphatic carbocycles. The minimum absolute atomic E-state index is 0.0000961. The smallest absolute Gasteiger partial charge is 0.275 e. The van der Waals surface area contributed by atoms with E-state index in [1.807, 2.05) is 67.7 Å². The molecule has 1 aromatic heterocycles. The first-order chi connectivity index (χ1) is 15.6. The molecule has 0 spiro atoms. The Morgan fingerprint density at radius 2 is 1.69 bits per heavy atom. The molecule has 0 radical (unpaired) electrons. The molecule has 2 amide bonds. The van der Waals surface area contributed by atoms with Crippen LogP contribution in [0, 0.1) is 0 Å². The van der Waals surface area contributed by atoms with Gasteiger partial charge in [0.2, 0.25) is 0 Å². The number of para-hydroxylation sites is 2. The first-order valence-electron chi connectivity index (χ1n) is 10.7. The fourth-order valence-corrected chi connectivity index (χ4v) is 4.31. The average Bonchev–Trinajstić information content (AvgIpc) is 3.38. The monoisotopic (exact) mass is 421 g/mol. The van der Waals surface area contributed by atoms with Crippen molar-refractivity contribution < 1.29 is 9.59 Å². The summed E-state index contributed by atoms with van der Waals surface area (Å²) in [6.45, 7) is 2.03. The highest BCUT2D eigenvalue weighted by molar-refractivity contribution is 6.13. The number of aromatic nitrogens is 1. The van der Waals surface area contributed by atoms with E-state index in [1.54, 1.807) is 35.2 Å². The summed E-state index contributed by atoms with van der Waals surface area (Å²) in [7, 11) is 0. The van der Waals surface area contributed by atoms with Crippen LogP contribution in [0.5, 0.6) is 0 Å². The minimum atomic E-state index is -0.315. The molecule has 0 saturated carbocycles. The Balaban J connectivity index is 1.56. The SMILES string of the molecule is CC1Cc2ccccc2N1C(=O)C(=Cc1c[nH]c2ccccc12)NC(=O)c1ccccc1. The predicted molar refractivity (Wildman–Crippen MR) is 127 cm³/mol. The Morgan fingerprint density at radius 3 is 2.53 bits per heavy atom. The molecule has 1 aliphatic rings. The topological polar surface area (TPSA) is 65.2 Å². The first kappa shape index (κ1) is 19.8. The van der Waals surface area contributed by atoms with Crippen molar-refractivity contribution in [2.45, 2.75) is 19.4 Å². The van der Waals surface area contributed by atoms with Crippen LogP contribution >= 0.6 is 0 Å². The van der Waals surface area contributed by atoms with Crippen molar-refractivity contribution in [2.75, 3.05) is 4.90 Å². The van der Waals surface area contributed by atoms with Crippen molar-refractivity contribution in [1.82, 2.24) is 10.3 Å². The van der Waals surface area contributed by atoms with E-state index in [9.17, 15) is 9.59 Å². The van der Waals surface area contributed by atoms with Gasteiger partial charge in [-0.1, -0.05) is 54.6 Å². The van der Waals surface area contributed by atoms with E-state index in [0.29, 0.717) is 5.56 Å². The molecule has 0 fully saturated rings. The molecule has 2 heterocycles. The molecule has 1 atom stereocenters. The van der Waals surface area contributed by atoms with Crippen molar-refractivity contribution in [1.29, 1.82) is 0 Å². The first-order valence-corrected chi connectivity index (χ1v) is 10.7. The predicted octanol–water partition coefficient (Wildman–Crippen LogP) is 4.92. The number of nitrogens with zero attached hydrogens (tertiary/aromatic N) is 1. The summed E-state index contributed by atoms with van der Waals surface area (Å²) in [6.07, 6.45) is 4.40. The number of rotatable bonds is 4. The lowest BCUT2D eigenvalue weighted by Gasteiger charge is -2.24. The van der Waals surface area contributed by atoms with E-state index in [1.165, 1.54) is 0 Å². The Morgan fingerprint density at radius 1 is 0.969 bits per heavy atom. The lowest BCUT2D eigenvalue weighted by Crippen LogP contribution is -2.41. The molecule has 5 heteroatoms. The number of fused-ring (bicyclic) bond motifs is 2. The summed E-state index contributed by atoms with van der Waals surface area (Å²) in [5.41, 5.74) is 4.59. The van der Waals surface area contributed by atoms with Crippen LogP contribution in [-0.2, 0) is 11.2 Å². The zero-order valence-corrected chi connectivity index (χ0v) is 17.7. The van der Waals surface area contributed by atoms with Gasteiger partial charge in [-0.2, -0.15) is 0 Å². The summed E-state index contributed by atoms with van der Waals surface area (Å²) in [4.78, 5) is 31.8. The minimum Gasteiger partial charge on any atom is -0.361 e. The van der Waals surface area contributed by atoms with Crippen LogP contribution in [0.1, 0.15) is 28.4 Å². The number of carbonyl (C=O) groups excluding carboxylic acids is 2. The maximum absolute atomic E-state index is 13.8. The summed E-state index contributed by atoms with van der Waals surface area (Å²) < 4.78 is 0. The Kier molecular flexibility index (Phi) is 5.07. The molecule has 4 aromatic rings. The van der Waals surface area contributed by atoms with Gasteiger partial charge in [0, 0.05) is 40.0 Å². The Hall–Kier alpha value is -4.12. The molecule has 5 nitrogen and oxygen atoms in total. The zero-order chi connectivity index (χ0) is 22.1. The number of hydrogen-bond acceptors (Lipinski definition) is 2. The maximum atomic E-state index is 13.8. The zero-order valence-electron chi connectivity index (χ0n) is 17.7. The number of aromatic amines is 1. The molecular formula is C27H23N3O2. The molecule has 0 saturated heterocycles. The molecule has 2 N–H and O–H groups in total. The highest BCUT2D eigenvalue weighted by Gasteiger charge is 2.33. The van der Waals surface area contributed by atoms with Crippen LogP contribution in [0.15, 0.2) is 90.8 Å². The Labute approximate surface area is 186 Å². The van der Waals surface area contributed by atoms with Crippen LogP contribution in [0.25, 0.3) is 17.0 Å². The van der Waals surface area contributed by atoms with Gasteiger partial charge in [0.25, 0.3) is 11.8 Å². The van der Waals surface area contributed by atoms with Gasteiger partial charge < -0.3 is 15.2 Å². The van der Waals surface area contributed by atoms with Gasteiger partial charge in [0.1, 0.15) is 5.70 Å². The van der Waals surface area contributed by atoms with E-state index in [-0.39, 0.29) is 23.6 Å². The fourth-order valence-electron chi connectivity index (χ4n) is 4.31. The summed E-state index contributed by atoms with van der Waals surface area (Å²) in [5.74, 6) is -0.540. The van der Waals surface area contributed by atoms with Gasteiger partial charge in [0.05, 0.1) is 0 Å². The van der Waals surface area contributed by atoms with Gasteiger partial charge >= 0.3 is 0 Å². The van der Waals surface area contributed by atoms with Gasteiger partial charge in [-0.05, 0) is 49.2 Å². The maximum Gasteiger partial charge on any atom is 0.275 e. The van der Waals surface area contributed by atoms with E-state index in [2.05, 4.69) is 10.3 Å². The van der Waals surface area contributed by atoms with Crippen LogP contribution < -0.4 is 10.2 Å². The lowest BCUT2D eigenvalue weighted by molar-refractivity contribution is -0.115. The quantitative estimate of drug-likeness (QED) is 0.460. The summed E-state index contributed by atoms with van der Waals surface area (Å²) in [6, 6.07) is 24.7. The Bertz CT molecular complexity index is 1340. The molecule has 5 rings (SSSR count). The van der Waals surface area contributed by atoms with E-state index in [4.69, 9.17) is 0 Å². The number of benzene rings is 3. The molecule has 32 heavy (non-hydrogen) atoms. The highest BCUT2D eigenvalue weighted by atomic mass is 16.2.